The van der Waals surface area contributed by atoms with Crippen LogP contribution in [0.25, 0.3) is 0 Å². The van der Waals surface area contributed by atoms with Crippen LogP contribution < -0.4 is 16.8 Å². The smallest absolute Gasteiger partial charge is 0.425 e. The zero-order valence-electron chi connectivity index (χ0n) is 14.4. The zero-order chi connectivity index (χ0) is 18.3. The first-order chi connectivity index (χ1) is 11.1. The third-order valence-electron chi connectivity index (χ3n) is 2.87. The normalized spacial score (nSPS) is 11.2. The van der Waals surface area contributed by atoms with Gasteiger partial charge >= 0.3 is 6.09 Å². The van der Waals surface area contributed by atoms with Gasteiger partial charge < -0.3 is 10.5 Å². The number of nitrogens with two attached hydrogens (primary N) is 1. The van der Waals surface area contributed by atoms with Crippen LogP contribution in [0.2, 0.25) is 5.15 Å². The van der Waals surface area contributed by atoms with E-state index in [0.29, 0.717) is 29.8 Å². The summed E-state index contributed by atoms with van der Waals surface area (Å²) in [5, 5.41) is 1.62. The molecule has 0 atom stereocenters. The topological polar surface area (TPSA) is 80.5 Å². The summed E-state index contributed by atoms with van der Waals surface area (Å²) in [4.78, 5) is 16.4. The van der Waals surface area contributed by atoms with Gasteiger partial charge in [0, 0.05) is 17.8 Å². The standard InChI is InChI=1S/C16H24BClN4O2/c1-11(19)6-5-9-20-22(15(23)24-16(2,3)4)10-12-7-8-13(17)21-14(12)18/h7-8,20H,1,5-6,9-10,19H2,2-4H3. The number of rotatable bonds is 7. The minimum Gasteiger partial charge on any atom is -0.443 e. The van der Waals surface area contributed by atoms with Crippen LogP contribution in [0, 0.1) is 0 Å². The van der Waals surface area contributed by atoms with Crippen molar-refractivity contribution in [2.75, 3.05) is 6.54 Å². The van der Waals surface area contributed by atoms with Gasteiger partial charge in [0.1, 0.15) is 18.6 Å². The maximum Gasteiger partial charge on any atom is 0.425 e. The number of hydrogen-bond donors (Lipinski definition) is 2. The number of allylic oxidation sites excluding steroid dienone is 1. The first kappa shape index (κ1) is 20.3. The van der Waals surface area contributed by atoms with Crippen molar-refractivity contribution >= 4 is 31.1 Å². The van der Waals surface area contributed by atoms with Gasteiger partial charge in [0.2, 0.25) is 0 Å². The number of aromatic nitrogens is 1. The SMILES string of the molecule is [B]c1ccc(CN(NCCCC(=C)N)C(=O)OC(C)(C)C)c(Cl)n1. The molecule has 1 aromatic heterocycles. The number of nitrogens with one attached hydrogen (secondary N) is 1. The van der Waals surface area contributed by atoms with E-state index in [2.05, 4.69) is 17.0 Å². The number of carbonyl (C=O) groups excluding carboxylic acids is 1. The Morgan fingerprint density at radius 2 is 2.17 bits per heavy atom. The van der Waals surface area contributed by atoms with Crippen LogP contribution in [-0.4, -0.2) is 36.1 Å². The quantitative estimate of drug-likeness (QED) is 0.340. The second-order valence-corrected chi connectivity index (χ2v) is 6.78. The lowest BCUT2D eigenvalue weighted by molar-refractivity contribution is 0.0114. The van der Waals surface area contributed by atoms with Crippen molar-refractivity contribution in [1.82, 2.24) is 15.4 Å². The molecule has 0 bridgehead atoms. The molecule has 130 valence electrons. The molecule has 2 radical (unpaired) electrons. The van der Waals surface area contributed by atoms with Gasteiger partial charge in [-0.1, -0.05) is 30.3 Å². The number of hydrogen-bond acceptors (Lipinski definition) is 5. The minimum atomic E-state index is -0.605. The van der Waals surface area contributed by atoms with Crippen LogP contribution in [0.1, 0.15) is 39.2 Å². The van der Waals surface area contributed by atoms with Crippen LogP contribution >= 0.6 is 11.6 Å². The molecule has 24 heavy (non-hydrogen) atoms. The third kappa shape index (κ3) is 7.70. The fraction of sp³-hybridized carbons (Fsp3) is 0.500. The van der Waals surface area contributed by atoms with E-state index in [1.165, 1.54) is 5.01 Å². The fourth-order valence-electron chi connectivity index (χ4n) is 1.80. The predicted octanol–water partition coefficient (Wildman–Crippen LogP) is 2.02. The van der Waals surface area contributed by atoms with Crippen LogP contribution in [0.4, 0.5) is 4.79 Å². The average Bonchev–Trinajstić information content (AvgIpc) is 2.42. The number of nitrogens with zero attached hydrogens (tertiary/aromatic N) is 2. The third-order valence-corrected chi connectivity index (χ3v) is 3.19. The number of halogens is 1. The number of ether oxygens (including phenoxy) is 1. The lowest BCUT2D eigenvalue weighted by atomic mass is 10.0. The Labute approximate surface area is 149 Å². The maximum atomic E-state index is 12.4. The van der Waals surface area contributed by atoms with E-state index in [4.69, 9.17) is 29.9 Å². The van der Waals surface area contributed by atoms with Crippen molar-refractivity contribution in [3.8, 4) is 0 Å². The largest absolute Gasteiger partial charge is 0.443 e. The molecule has 8 heteroatoms. The van der Waals surface area contributed by atoms with Crippen LogP contribution in [-0.2, 0) is 11.3 Å². The predicted molar refractivity (Wildman–Crippen MR) is 97.0 cm³/mol. The molecule has 1 rings (SSSR count). The Morgan fingerprint density at radius 1 is 1.50 bits per heavy atom. The summed E-state index contributed by atoms with van der Waals surface area (Å²) in [6, 6.07) is 3.36. The molecule has 0 aliphatic heterocycles. The molecule has 0 fully saturated rings. The van der Waals surface area contributed by atoms with Gasteiger partial charge in [0.25, 0.3) is 0 Å². The highest BCUT2D eigenvalue weighted by molar-refractivity contribution is 6.33. The van der Waals surface area contributed by atoms with Crippen molar-refractivity contribution in [2.24, 2.45) is 5.73 Å². The van der Waals surface area contributed by atoms with Crippen molar-refractivity contribution < 1.29 is 9.53 Å². The van der Waals surface area contributed by atoms with Gasteiger partial charge in [0.05, 0.1) is 6.54 Å². The van der Waals surface area contributed by atoms with Gasteiger partial charge in [-0.25, -0.2) is 15.2 Å². The zero-order valence-corrected chi connectivity index (χ0v) is 15.2. The Kier molecular flexibility index (Phi) is 7.57. The van der Waals surface area contributed by atoms with Crippen LogP contribution in [0.15, 0.2) is 24.4 Å². The van der Waals surface area contributed by atoms with Gasteiger partial charge in [-0.05, 0) is 39.2 Å². The Bertz CT molecular complexity index is 590. The lowest BCUT2D eigenvalue weighted by Gasteiger charge is -2.28. The molecule has 0 saturated heterocycles. The molecule has 6 nitrogen and oxygen atoms in total. The molecular weight excluding hydrogens is 326 g/mol. The minimum absolute atomic E-state index is 0.199. The van der Waals surface area contributed by atoms with E-state index in [-0.39, 0.29) is 11.7 Å². The van der Waals surface area contributed by atoms with Crippen molar-refractivity contribution in [1.29, 1.82) is 0 Å². The summed E-state index contributed by atoms with van der Waals surface area (Å²) in [7, 11) is 5.59. The van der Waals surface area contributed by atoms with E-state index in [1.54, 1.807) is 32.9 Å². The van der Waals surface area contributed by atoms with Crippen LogP contribution in [0.5, 0.6) is 0 Å². The second kappa shape index (κ2) is 8.94. The summed E-state index contributed by atoms with van der Waals surface area (Å²) < 4.78 is 5.41. The van der Waals surface area contributed by atoms with E-state index < -0.39 is 11.7 Å². The lowest BCUT2D eigenvalue weighted by Crippen LogP contribution is -2.45. The summed E-state index contributed by atoms with van der Waals surface area (Å²) in [6.07, 6.45) is 0.906. The van der Waals surface area contributed by atoms with Gasteiger partial charge in [-0.2, -0.15) is 0 Å². The van der Waals surface area contributed by atoms with Crippen molar-refractivity contribution in [3.63, 3.8) is 0 Å². The number of carbonyl (C=O) groups is 1. The summed E-state index contributed by atoms with van der Waals surface area (Å²) >= 11 is 6.09. The highest BCUT2D eigenvalue weighted by Gasteiger charge is 2.23. The fourth-order valence-corrected chi connectivity index (χ4v) is 2.02. The van der Waals surface area contributed by atoms with Gasteiger partial charge in [0.15, 0.2) is 0 Å². The summed E-state index contributed by atoms with van der Waals surface area (Å²) in [5.41, 5.74) is 9.56. The summed E-state index contributed by atoms with van der Waals surface area (Å²) in [5.74, 6) is 0. The molecule has 0 aliphatic rings. The molecule has 3 N–H and O–H groups in total. The molecule has 0 saturated carbocycles. The van der Waals surface area contributed by atoms with E-state index in [1.807, 2.05) is 0 Å². The van der Waals surface area contributed by atoms with E-state index >= 15 is 0 Å². The highest BCUT2D eigenvalue weighted by atomic mass is 35.5. The van der Waals surface area contributed by atoms with Crippen molar-refractivity contribution in [2.45, 2.75) is 45.8 Å². The molecule has 1 aromatic rings. The number of amides is 1. The van der Waals surface area contributed by atoms with Crippen LogP contribution in [0.3, 0.4) is 0 Å². The molecule has 0 aromatic carbocycles. The maximum absolute atomic E-state index is 12.4. The Hall–Kier alpha value is -1.73. The summed E-state index contributed by atoms with van der Waals surface area (Å²) in [6.45, 7) is 9.80. The van der Waals surface area contributed by atoms with Gasteiger partial charge in [-0.15, -0.1) is 0 Å². The molecule has 1 amide bonds. The average molecular weight is 351 g/mol. The Morgan fingerprint density at radius 3 is 2.71 bits per heavy atom. The second-order valence-electron chi connectivity index (χ2n) is 6.42. The molecule has 1 heterocycles. The molecule has 0 spiro atoms. The van der Waals surface area contributed by atoms with E-state index in [9.17, 15) is 4.79 Å². The number of hydrazine groups is 1. The number of pyridine rings is 1. The first-order valence-electron chi connectivity index (χ1n) is 7.66. The Balaban J connectivity index is 2.79. The molecule has 0 unspecified atom stereocenters. The van der Waals surface area contributed by atoms with Gasteiger partial charge in [-0.3, -0.25) is 4.98 Å². The first-order valence-corrected chi connectivity index (χ1v) is 8.04. The monoisotopic (exact) mass is 350 g/mol. The van der Waals surface area contributed by atoms with E-state index in [0.717, 1.165) is 6.42 Å². The highest BCUT2D eigenvalue weighted by Crippen LogP contribution is 2.15. The molecular formula is C16H24BClN4O2. The van der Waals surface area contributed by atoms with Crippen molar-refractivity contribution in [3.05, 3.63) is 35.1 Å². The molecule has 0 aliphatic carbocycles.